The molecule has 0 aliphatic carbocycles. The van der Waals surface area contributed by atoms with E-state index in [0.29, 0.717) is 25.3 Å². The van der Waals surface area contributed by atoms with Crippen LogP contribution in [0.3, 0.4) is 0 Å². The highest BCUT2D eigenvalue weighted by Gasteiger charge is 2.21. The van der Waals surface area contributed by atoms with Gasteiger partial charge in [0.15, 0.2) is 17.5 Å². The lowest BCUT2D eigenvalue weighted by Crippen LogP contribution is -2.36. The molecule has 2 aromatic heterocycles. The molecule has 0 radical (unpaired) electrons. The Morgan fingerprint density at radius 3 is 2.50 bits per heavy atom. The number of rotatable bonds is 8. The maximum absolute atomic E-state index is 13.6. The number of piperidine rings is 1. The third-order valence-corrected chi connectivity index (χ3v) is 6.01. The van der Waals surface area contributed by atoms with Crippen LogP contribution in [0.15, 0.2) is 47.4 Å². The number of amides is 1. The Labute approximate surface area is 194 Å². The van der Waals surface area contributed by atoms with E-state index in [9.17, 15) is 22.8 Å². The van der Waals surface area contributed by atoms with E-state index in [1.165, 1.54) is 11.0 Å². The van der Waals surface area contributed by atoms with E-state index in [4.69, 9.17) is 0 Å². The van der Waals surface area contributed by atoms with Gasteiger partial charge in [0.2, 0.25) is 6.41 Å². The second kappa shape index (κ2) is 10.6. The third-order valence-electron chi connectivity index (χ3n) is 6.01. The molecule has 1 amide bonds. The number of hydrogen-bond acceptors (Lipinski definition) is 5. The van der Waals surface area contributed by atoms with Gasteiger partial charge in [-0.1, -0.05) is 6.07 Å². The van der Waals surface area contributed by atoms with E-state index in [1.54, 1.807) is 0 Å². The van der Waals surface area contributed by atoms with Gasteiger partial charge in [0.1, 0.15) is 5.82 Å². The van der Waals surface area contributed by atoms with Gasteiger partial charge in [0, 0.05) is 36.0 Å². The summed E-state index contributed by atoms with van der Waals surface area (Å²) in [6.45, 7) is 2.93. The van der Waals surface area contributed by atoms with Gasteiger partial charge in [-0.2, -0.15) is 4.98 Å². The van der Waals surface area contributed by atoms with Crippen molar-refractivity contribution in [3.05, 3.63) is 76.2 Å². The van der Waals surface area contributed by atoms with Crippen LogP contribution >= 0.6 is 0 Å². The minimum atomic E-state index is -1.60. The molecule has 0 saturated carbocycles. The molecular formula is C24H24F3N5O2. The Bertz CT molecular complexity index is 1170. The van der Waals surface area contributed by atoms with Crippen LogP contribution in [0, 0.1) is 17.5 Å². The van der Waals surface area contributed by atoms with Crippen LogP contribution in [0.25, 0.3) is 11.3 Å². The summed E-state index contributed by atoms with van der Waals surface area (Å²) in [5, 5.41) is 0. The average molecular weight is 471 g/mol. The number of halogens is 3. The highest BCUT2D eigenvalue weighted by molar-refractivity contribution is 5.75. The number of carbonyl (C=O) groups is 1. The minimum absolute atomic E-state index is 0.0243. The first-order chi connectivity index (χ1) is 16.4. The lowest BCUT2D eigenvalue weighted by Gasteiger charge is -2.32. The topological polar surface area (TPSA) is 82.2 Å². The number of pyridine rings is 1. The summed E-state index contributed by atoms with van der Waals surface area (Å²) in [6, 6.07) is 8.84. The predicted octanol–water partition coefficient (Wildman–Crippen LogP) is 3.48. The average Bonchev–Trinajstić information content (AvgIpc) is 2.85. The van der Waals surface area contributed by atoms with Gasteiger partial charge in [-0.15, -0.1) is 0 Å². The maximum atomic E-state index is 13.6. The van der Waals surface area contributed by atoms with Crippen molar-refractivity contribution in [3.63, 3.8) is 0 Å². The molecule has 0 unspecified atom stereocenters. The zero-order valence-corrected chi connectivity index (χ0v) is 18.4. The summed E-state index contributed by atoms with van der Waals surface area (Å²) in [5.41, 5.74) is 0.280. The van der Waals surface area contributed by atoms with Crippen molar-refractivity contribution >= 4 is 12.2 Å². The van der Waals surface area contributed by atoms with Crippen LogP contribution in [0.2, 0.25) is 0 Å². The van der Waals surface area contributed by atoms with Gasteiger partial charge >= 0.3 is 5.69 Å². The molecular weight excluding hydrogens is 447 g/mol. The molecule has 1 fully saturated rings. The van der Waals surface area contributed by atoms with Gasteiger partial charge in [-0.25, -0.2) is 18.0 Å². The molecule has 10 heteroatoms. The summed E-state index contributed by atoms with van der Waals surface area (Å²) in [5.74, 6) is -3.86. The maximum Gasteiger partial charge on any atom is 0.347 e. The lowest BCUT2D eigenvalue weighted by molar-refractivity contribution is -0.107. The first-order valence-electron chi connectivity index (χ1n) is 11.1. The van der Waals surface area contributed by atoms with Gasteiger partial charge in [0.05, 0.1) is 5.69 Å². The molecule has 1 saturated heterocycles. The predicted molar refractivity (Wildman–Crippen MR) is 121 cm³/mol. The largest absolute Gasteiger partial charge is 0.347 e. The molecule has 0 bridgehead atoms. The molecule has 0 spiro atoms. The molecule has 1 aliphatic rings. The van der Waals surface area contributed by atoms with Crippen molar-refractivity contribution in [2.24, 2.45) is 0 Å². The van der Waals surface area contributed by atoms with Crippen LogP contribution in [-0.4, -0.2) is 52.4 Å². The third kappa shape index (κ3) is 5.51. The number of aromatic nitrogens is 3. The standard InChI is InChI=1S/C24H24F3N5O2/c25-18-12-17(13-19(26)23(18)27)21-14-22(30-24(34)29-21)32(15-33)9-3-8-31-10-5-16(6-11-31)20-4-1-2-7-28-20/h1-2,4,7,12-16H,3,5-6,8-11H2,(H,29,30,34). The van der Waals surface area contributed by atoms with Crippen molar-refractivity contribution in [1.29, 1.82) is 0 Å². The van der Waals surface area contributed by atoms with Crippen molar-refractivity contribution in [1.82, 2.24) is 19.9 Å². The summed E-state index contributed by atoms with van der Waals surface area (Å²) in [4.78, 5) is 37.9. The zero-order chi connectivity index (χ0) is 24.1. The molecule has 0 atom stereocenters. The fraction of sp³-hybridized carbons (Fsp3) is 0.333. The lowest BCUT2D eigenvalue weighted by atomic mass is 9.93. The normalized spacial score (nSPS) is 14.8. The van der Waals surface area contributed by atoms with Crippen molar-refractivity contribution in [2.45, 2.75) is 25.2 Å². The highest BCUT2D eigenvalue weighted by Crippen LogP contribution is 2.27. The van der Waals surface area contributed by atoms with Crippen LogP contribution in [0.1, 0.15) is 30.9 Å². The van der Waals surface area contributed by atoms with Gasteiger partial charge in [-0.05, 0) is 63.2 Å². The number of H-pyrrole nitrogens is 1. The molecule has 1 N–H and O–H groups in total. The first-order valence-corrected chi connectivity index (χ1v) is 11.1. The fourth-order valence-electron chi connectivity index (χ4n) is 4.21. The molecule has 3 aromatic rings. The first kappa shape index (κ1) is 23.6. The molecule has 178 valence electrons. The Kier molecular flexibility index (Phi) is 7.36. The van der Waals surface area contributed by atoms with E-state index < -0.39 is 23.1 Å². The number of hydrogen-bond donors (Lipinski definition) is 1. The van der Waals surface area contributed by atoms with Crippen LogP contribution in [0.4, 0.5) is 19.0 Å². The Balaban J connectivity index is 1.37. The second-order valence-electron chi connectivity index (χ2n) is 8.23. The number of likely N-dealkylation sites (tertiary alicyclic amines) is 1. The van der Waals surface area contributed by atoms with E-state index in [0.717, 1.165) is 50.3 Å². The van der Waals surface area contributed by atoms with Crippen LogP contribution < -0.4 is 10.6 Å². The number of nitrogens with zero attached hydrogens (tertiary/aromatic N) is 4. The number of carbonyl (C=O) groups excluding carboxylic acids is 1. The van der Waals surface area contributed by atoms with E-state index in [-0.39, 0.29) is 17.1 Å². The summed E-state index contributed by atoms with van der Waals surface area (Å²) in [7, 11) is 0. The van der Waals surface area contributed by atoms with E-state index >= 15 is 0 Å². The fourth-order valence-corrected chi connectivity index (χ4v) is 4.21. The number of anilines is 1. The summed E-state index contributed by atoms with van der Waals surface area (Å²) in [6.07, 6.45) is 5.05. The zero-order valence-electron chi connectivity index (χ0n) is 18.4. The minimum Gasteiger partial charge on any atom is -0.305 e. The number of nitrogens with one attached hydrogen (secondary N) is 1. The molecule has 1 aromatic carbocycles. The molecule has 3 heterocycles. The molecule has 4 rings (SSSR count). The quantitative estimate of drug-likeness (QED) is 0.402. The smallest absolute Gasteiger partial charge is 0.305 e. The highest BCUT2D eigenvalue weighted by atomic mass is 19.2. The Morgan fingerprint density at radius 1 is 1.12 bits per heavy atom. The molecule has 34 heavy (non-hydrogen) atoms. The molecule has 1 aliphatic heterocycles. The van der Waals surface area contributed by atoms with Gasteiger partial charge in [0.25, 0.3) is 0 Å². The Morgan fingerprint density at radius 2 is 1.85 bits per heavy atom. The molecule has 7 nitrogen and oxygen atoms in total. The van der Waals surface area contributed by atoms with E-state index in [1.807, 2.05) is 18.3 Å². The number of benzene rings is 1. The van der Waals surface area contributed by atoms with E-state index in [2.05, 4.69) is 25.9 Å². The SMILES string of the molecule is O=CN(CCCN1CCC(c2ccccn2)CC1)c1cc(-c2cc(F)c(F)c(F)c2)[nH]c(=O)n1. The van der Waals surface area contributed by atoms with Crippen LogP contribution in [-0.2, 0) is 4.79 Å². The van der Waals surface area contributed by atoms with Crippen molar-refractivity contribution in [2.75, 3.05) is 31.1 Å². The van der Waals surface area contributed by atoms with Crippen LogP contribution in [0.5, 0.6) is 0 Å². The number of aromatic amines is 1. The van der Waals surface area contributed by atoms with Gasteiger partial charge in [-0.3, -0.25) is 14.7 Å². The van der Waals surface area contributed by atoms with Crippen molar-refractivity contribution in [3.8, 4) is 11.3 Å². The summed E-state index contributed by atoms with van der Waals surface area (Å²) < 4.78 is 40.5. The second-order valence-corrected chi connectivity index (χ2v) is 8.23. The van der Waals surface area contributed by atoms with Crippen molar-refractivity contribution < 1.29 is 18.0 Å². The van der Waals surface area contributed by atoms with Gasteiger partial charge < -0.3 is 9.88 Å². The summed E-state index contributed by atoms with van der Waals surface area (Å²) >= 11 is 0. The monoisotopic (exact) mass is 471 g/mol. The Hall–Kier alpha value is -3.53.